The normalized spacial score (nSPS) is 11.8. The third kappa shape index (κ3) is 9.37. The number of imidazole rings is 1. The zero-order chi connectivity index (χ0) is 17.8. The number of para-hydroxylation sites is 2. The third-order valence-electron chi connectivity index (χ3n) is 3.17. The molecule has 2 aromatic rings. The first-order chi connectivity index (χ1) is 11.2. The van der Waals surface area contributed by atoms with Crippen molar-refractivity contribution in [2.45, 2.75) is 24.5 Å². The van der Waals surface area contributed by atoms with Gasteiger partial charge in [0.25, 0.3) is 0 Å². The maximum absolute atomic E-state index is 10.7. The molecule has 0 fully saturated rings. The first kappa shape index (κ1) is 26.9. The number of thioether (sulfide) groups is 1. The van der Waals surface area contributed by atoms with Gasteiger partial charge in [0.2, 0.25) is 0 Å². The van der Waals surface area contributed by atoms with Crippen LogP contribution in [0.25, 0.3) is 11.0 Å². The second kappa shape index (κ2) is 11.8. The van der Waals surface area contributed by atoms with Crippen molar-refractivity contribution >= 4 is 43.0 Å². The first-order valence-corrected chi connectivity index (χ1v) is 11.2. The van der Waals surface area contributed by atoms with E-state index >= 15 is 0 Å². The summed E-state index contributed by atoms with van der Waals surface area (Å²) in [6.07, 6.45) is 0.364. The van der Waals surface area contributed by atoms with Gasteiger partial charge in [0.15, 0.2) is 5.16 Å². The molecule has 1 aromatic heterocycles. The zero-order valence-electron chi connectivity index (χ0n) is 14.6. The molecule has 0 amide bonds. The SMILES string of the molecule is O=S(=O)([O-])CCCSc1nc2ccccc2n1CCCS(=O)(=O)[O-].[Na+].[Na+]. The van der Waals surface area contributed by atoms with Crippen LogP contribution in [-0.2, 0) is 26.8 Å². The maximum Gasteiger partial charge on any atom is 1.00 e. The van der Waals surface area contributed by atoms with E-state index in [1.54, 1.807) is 4.57 Å². The van der Waals surface area contributed by atoms with Crippen LogP contribution in [0.5, 0.6) is 0 Å². The number of hydrogen-bond donors (Lipinski definition) is 0. The number of aryl methyl sites for hydroxylation is 1. The van der Waals surface area contributed by atoms with Crippen molar-refractivity contribution < 1.29 is 85.1 Å². The summed E-state index contributed by atoms with van der Waals surface area (Å²) in [7, 11) is -8.51. The molecule has 0 aliphatic heterocycles. The number of nitrogens with zero attached hydrogens (tertiary/aromatic N) is 2. The quantitative estimate of drug-likeness (QED) is 0.165. The molecular formula is C13H16N2Na2O6S3. The molecule has 1 heterocycles. The van der Waals surface area contributed by atoms with Crippen molar-refractivity contribution in [3.05, 3.63) is 24.3 Å². The van der Waals surface area contributed by atoms with Gasteiger partial charge < -0.3 is 13.7 Å². The fourth-order valence-electron chi connectivity index (χ4n) is 2.18. The molecule has 0 unspecified atom stereocenters. The van der Waals surface area contributed by atoms with E-state index in [4.69, 9.17) is 0 Å². The molecule has 26 heavy (non-hydrogen) atoms. The predicted molar refractivity (Wildman–Crippen MR) is 88.8 cm³/mol. The Bertz CT molecular complexity index is 915. The Hall–Kier alpha value is 0.860. The van der Waals surface area contributed by atoms with Crippen LogP contribution in [0, 0.1) is 0 Å². The van der Waals surface area contributed by atoms with Crippen LogP contribution >= 0.6 is 11.8 Å². The standard InChI is InChI=1S/C13H18N2O6S3.2Na/c16-23(17,18)9-3-7-15-12-6-2-1-5-11(12)14-13(15)22-8-4-10-24(19,20)21;;/h1-2,5-6H,3-4,7-10H2,(H,16,17,18)(H,19,20,21);;/q;2*+1/p-2. The van der Waals surface area contributed by atoms with E-state index in [1.165, 1.54) is 11.8 Å². The fourth-order valence-corrected chi connectivity index (χ4v) is 4.32. The molecule has 13 heteroatoms. The average molecular weight is 438 g/mol. The van der Waals surface area contributed by atoms with Crippen molar-refractivity contribution in [3.63, 3.8) is 0 Å². The molecule has 0 radical (unpaired) electrons. The van der Waals surface area contributed by atoms with Gasteiger partial charge in [0.1, 0.15) is 0 Å². The second-order valence-corrected chi connectivity index (χ2v) is 9.22. The summed E-state index contributed by atoms with van der Waals surface area (Å²) < 4.78 is 65.9. The zero-order valence-corrected chi connectivity index (χ0v) is 21.1. The van der Waals surface area contributed by atoms with Gasteiger partial charge in [0, 0.05) is 23.8 Å². The molecular weight excluding hydrogens is 422 g/mol. The first-order valence-electron chi connectivity index (χ1n) is 7.11. The summed E-state index contributed by atoms with van der Waals surface area (Å²) >= 11 is 1.29. The Morgan fingerprint density at radius 3 is 2.15 bits per heavy atom. The minimum Gasteiger partial charge on any atom is -0.748 e. The summed E-state index contributed by atoms with van der Waals surface area (Å²) in [5.74, 6) is -0.503. The summed E-state index contributed by atoms with van der Waals surface area (Å²) in [6, 6.07) is 7.28. The third-order valence-corrected chi connectivity index (χ3v) is 5.81. The van der Waals surface area contributed by atoms with Crippen molar-refractivity contribution in [1.82, 2.24) is 9.55 Å². The topological polar surface area (TPSA) is 132 Å². The minimum atomic E-state index is -4.27. The van der Waals surface area contributed by atoms with Crippen LogP contribution < -0.4 is 59.1 Å². The summed E-state index contributed by atoms with van der Waals surface area (Å²) in [5.41, 5.74) is 1.53. The number of rotatable bonds is 9. The molecule has 0 aliphatic rings. The van der Waals surface area contributed by atoms with Crippen LogP contribution in [0.1, 0.15) is 12.8 Å². The van der Waals surface area contributed by atoms with Gasteiger partial charge in [-0.25, -0.2) is 21.8 Å². The van der Waals surface area contributed by atoms with Gasteiger partial charge in [-0.1, -0.05) is 23.9 Å². The van der Waals surface area contributed by atoms with Gasteiger partial charge >= 0.3 is 59.1 Å². The van der Waals surface area contributed by atoms with E-state index in [2.05, 4.69) is 4.98 Å². The summed E-state index contributed by atoms with van der Waals surface area (Å²) in [4.78, 5) is 4.43. The Morgan fingerprint density at radius 2 is 1.54 bits per heavy atom. The van der Waals surface area contributed by atoms with Crippen LogP contribution in [0.2, 0.25) is 0 Å². The average Bonchev–Trinajstić information content (AvgIpc) is 2.80. The molecule has 0 saturated heterocycles. The van der Waals surface area contributed by atoms with E-state index in [9.17, 15) is 25.9 Å². The number of fused-ring (bicyclic) bond motifs is 1. The van der Waals surface area contributed by atoms with Crippen LogP contribution in [0.15, 0.2) is 29.4 Å². The molecule has 1 aromatic carbocycles. The second-order valence-electron chi connectivity index (χ2n) is 5.11. The smallest absolute Gasteiger partial charge is 0.748 e. The van der Waals surface area contributed by atoms with E-state index in [0.29, 0.717) is 17.5 Å². The van der Waals surface area contributed by atoms with Gasteiger partial charge in [-0.05, 0) is 25.0 Å². The van der Waals surface area contributed by atoms with E-state index in [0.717, 1.165) is 11.0 Å². The molecule has 8 nitrogen and oxygen atoms in total. The maximum atomic E-state index is 10.7. The predicted octanol–water partition coefficient (Wildman–Crippen LogP) is -4.99. The van der Waals surface area contributed by atoms with Crippen molar-refractivity contribution in [2.24, 2.45) is 0 Å². The van der Waals surface area contributed by atoms with Gasteiger partial charge in [-0.15, -0.1) is 0 Å². The van der Waals surface area contributed by atoms with E-state index in [1.807, 2.05) is 24.3 Å². The summed E-state index contributed by atoms with van der Waals surface area (Å²) in [6.45, 7) is 0.310. The van der Waals surface area contributed by atoms with Crippen LogP contribution in [0.4, 0.5) is 0 Å². The fraction of sp³-hybridized carbons (Fsp3) is 0.462. The molecule has 0 spiro atoms. The Morgan fingerprint density at radius 1 is 0.962 bits per heavy atom. The van der Waals surface area contributed by atoms with Crippen molar-refractivity contribution in [3.8, 4) is 0 Å². The Labute approximate surface area is 201 Å². The Balaban J connectivity index is 0.00000312. The van der Waals surface area contributed by atoms with Crippen molar-refractivity contribution in [1.29, 1.82) is 0 Å². The minimum absolute atomic E-state index is 0. The van der Waals surface area contributed by atoms with Gasteiger partial charge in [0.05, 0.1) is 31.3 Å². The summed E-state index contributed by atoms with van der Waals surface area (Å²) in [5, 5.41) is 0.600. The van der Waals surface area contributed by atoms with E-state index < -0.39 is 31.7 Å². The number of hydrogen-bond acceptors (Lipinski definition) is 8. The van der Waals surface area contributed by atoms with Crippen LogP contribution in [-0.4, -0.2) is 52.8 Å². The number of benzene rings is 1. The number of aromatic nitrogens is 2. The van der Waals surface area contributed by atoms with E-state index in [-0.39, 0.29) is 72.0 Å². The molecule has 0 atom stereocenters. The molecule has 0 N–H and O–H groups in total. The molecule has 2 rings (SSSR count). The van der Waals surface area contributed by atoms with Crippen LogP contribution in [0.3, 0.4) is 0 Å². The molecule has 0 saturated carbocycles. The van der Waals surface area contributed by atoms with Gasteiger partial charge in [-0.2, -0.15) is 0 Å². The molecule has 0 bridgehead atoms. The Kier molecular flexibility index (Phi) is 12.2. The largest absolute Gasteiger partial charge is 1.00 e. The monoisotopic (exact) mass is 438 g/mol. The molecule has 134 valence electrons. The van der Waals surface area contributed by atoms with Gasteiger partial charge in [-0.3, -0.25) is 0 Å². The molecule has 0 aliphatic carbocycles. The van der Waals surface area contributed by atoms with Crippen molar-refractivity contribution in [2.75, 3.05) is 17.3 Å².